The van der Waals surface area contributed by atoms with E-state index in [-0.39, 0.29) is 22.1 Å². The minimum Gasteiger partial charge on any atom is -0.506 e. The van der Waals surface area contributed by atoms with Gasteiger partial charge in [-0.15, -0.1) is 0 Å². The maximum Gasteiger partial charge on any atom is 0.179 e. The second kappa shape index (κ2) is 7.18. The van der Waals surface area contributed by atoms with Gasteiger partial charge in [0.15, 0.2) is 9.84 Å². The van der Waals surface area contributed by atoms with Crippen LogP contribution in [0.25, 0.3) is 0 Å². The van der Waals surface area contributed by atoms with Gasteiger partial charge < -0.3 is 10.4 Å². The number of hydrogen-bond donors (Lipinski definition) is 2. The van der Waals surface area contributed by atoms with Gasteiger partial charge in [-0.25, -0.2) is 8.42 Å². The van der Waals surface area contributed by atoms with Crippen LogP contribution in [0.3, 0.4) is 0 Å². The summed E-state index contributed by atoms with van der Waals surface area (Å²) < 4.78 is 24.1. The highest BCUT2D eigenvalue weighted by molar-refractivity contribution is 7.90. The molecule has 1 unspecified atom stereocenters. The normalized spacial score (nSPS) is 13.6. The lowest BCUT2D eigenvalue weighted by Crippen LogP contribution is -2.20. The van der Waals surface area contributed by atoms with Crippen LogP contribution in [0.4, 0.5) is 0 Å². The summed E-state index contributed by atoms with van der Waals surface area (Å²) in [6.07, 6.45) is 1.12. The van der Waals surface area contributed by atoms with Gasteiger partial charge in [0.2, 0.25) is 0 Å². The fraction of sp³-hybridized carbons (Fsp3) is 0.400. The Balaban J connectivity index is 2.36. The Kier molecular flexibility index (Phi) is 5.59. The standard InChI is InChI=1S/C20H27NO3S/c1-14(15-9-7-6-8-10-15)21-13-16-11-17(20(2,3)4)12-18(19(16)22)25(5,23)24/h6-12,14,21-22H,13H2,1-5H3. The van der Waals surface area contributed by atoms with Crippen molar-refractivity contribution in [2.45, 2.75) is 50.6 Å². The van der Waals surface area contributed by atoms with Gasteiger partial charge >= 0.3 is 0 Å². The summed E-state index contributed by atoms with van der Waals surface area (Å²) in [4.78, 5) is -0.0101. The monoisotopic (exact) mass is 361 g/mol. The first kappa shape index (κ1) is 19.5. The van der Waals surface area contributed by atoms with E-state index in [9.17, 15) is 13.5 Å². The van der Waals surface area contributed by atoms with Crippen LogP contribution in [0.2, 0.25) is 0 Å². The lowest BCUT2D eigenvalue weighted by molar-refractivity contribution is 0.442. The van der Waals surface area contributed by atoms with E-state index in [0.29, 0.717) is 12.1 Å². The first-order valence-corrected chi connectivity index (χ1v) is 10.2. The Hall–Kier alpha value is -1.85. The summed E-state index contributed by atoms with van der Waals surface area (Å²) in [6, 6.07) is 13.5. The quantitative estimate of drug-likeness (QED) is 0.846. The molecule has 4 nitrogen and oxygen atoms in total. The number of sulfone groups is 1. The van der Waals surface area contributed by atoms with Crippen molar-refractivity contribution < 1.29 is 13.5 Å². The van der Waals surface area contributed by atoms with Gasteiger partial charge in [0, 0.05) is 24.4 Å². The molecule has 0 spiro atoms. The smallest absolute Gasteiger partial charge is 0.179 e. The van der Waals surface area contributed by atoms with Crippen LogP contribution in [0.1, 0.15) is 50.4 Å². The van der Waals surface area contributed by atoms with Crippen LogP contribution >= 0.6 is 0 Å². The molecule has 0 amide bonds. The minimum absolute atomic E-state index is 0.0101. The SMILES string of the molecule is CC(NCc1cc(C(C)(C)C)cc(S(C)(=O)=O)c1O)c1ccccc1. The first-order chi connectivity index (χ1) is 11.5. The van der Waals surface area contributed by atoms with Crippen molar-refractivity contribution in [3.8, 4) is 5.75 Å². The molecule has 25 heavy (non-hydrogen) atoms. The van der Waals surface area contributed by atoms with Gasteiger partial charge in [-0.2, -0.15) is 0 Å². The average Bonchev–Trinajstić information content (AvgIpc) is 2.52. The Morgan fingerprint density at radius 3 is 2.24 bits per heavy atom. The minimum atomic E-state index is -3.51. The molecule has 136 valence electrons. The third kappa shape index (κ3) is 4.83. The topological polar surface area (TPSA) is 66.4 Å². The highest BCUT2D eigenvalue weighted by atomic mass is 32.2. The fourth-order valence-corrected chi connectivity index (χ4v) is 3.46. The predicted octanol–water partition coefficient (Wildman–Crippen LogP) is 3.94. The van der Waals surface area contributed by atoms with E-state index in [4.69, 9.17) is 0 Å². The zero-order valence-corrected chi connectivity index (χ0v) is 16.3. The lowest BCUT2D eigenvalue weighted by atomic mass is 9.86. The number of phenolic OH excluding ortho intramolecular Hbond substituents is 1. The van der Waals surface area contributed by atoms with E-state index in [1.54, 1.807) is 6.07 Å². The molecule has 0 heterocycles. The summed E-state index contributed by atoms with van der Waals surface area (Å²) in [7, 11) is -3.51. The van der Waals surface area contributed by atoms with E-state index >= 15 is 0 Å². The maximum absolute atomic E-state index is 12.1. The molecule has 0 saturated carbocycles. The molecule has 2 N–H and O–H groups in total. The molecule has 0 fully saturated rings. The van der Waals surface area contributed by atoms with Crippen LogP contribution in [0, 0.1) is 0 Å². The Morgan fingerprint density at radius 1 is 1.12 bits per heavy atom. The van der Waals surface area contributed by atoms with E-state index in [0.717, 1.165) is 17.4 Å². The number of rotatable bonds is 5. The van der Waals surface area contributed by atoms with Crippen molar-refractivity contribution in [2.75, 3.05) is 6.26 Å². The molecule has 2 rings (SSSR count). The second-order valence-corrected chi connectivity index (χ2v) is 9.50. The zero-order chi connectivity index (χ0) is 18.8. The third-order valence-electron chi connectivity index (χ3n) is 4.32. The molecule has 2 aromatic carbocycles. The van der Waals surface area contributed by atoms with Crippen molar-refractivity contribution in [1.82, 2.24) is 5.32 Å². The maximum atomic E-state index is 12.1. The van der Waals surface area contributed by atoms with Crippen LogP contribution in [-0.4, -0.2) is 19.8 Å². The van der Waals surface area contributed by atoms with E-state index in [2.05, 4.69) is 5.32 Å². The highest BCUT2D eigenvalue weighted by Crippen LogP contribution is 2.34. The van der Waals surface area contributed by atoms with Crippen molar-refractivity contribution in [1.29, 1.82) is 0 Å². The summed E-state index contributed by atoms with van der Waals surface area (Å²) in [5, 5.41) is 13.8. The van der Waals surface area contributed by atoms with Crippen molar-refractivity contribution in [3.63, 3.8) is 0 Å². The number of phenols is 1. The van der Waals surface area contributed by atoms with Crippen molar-refractivity contribution in [2.24, 2.45) is 0 Å². The van der Waals surface area contributed by atoms with Crippen molar-refractivity contribution >= 4 is 9.84 Å². The second-order valence-electron chi connectivity index (χ2n) is 7.52. The molecule has 0 radical (unpaired) electrons. The van der Waals surface area contributed by atoms with E-state index in [1.807, 2.05) is 64.1 Å². The molecule has 0 bridgehead atoms. The Bertz CT molecular complexity index is 837. The molecule has 0 aliphatic rings. The lowest BCUT2D eigenvalue weighted by Gasteiger charge is -2.23. The Morgan fingerprint density at radius 2 is 1.72 bits per heavy atom. The fourth-order valence-electron chi connectivity index (χ4n) is 2.64. The van der Waals surface area contributed by atoms with Gasteiger partial charge in [-0.1, -0.05) is 57.2 Å². The van der Waals surface area contributed by atoms with Crippen LogP contribution in [0.15, 0.2) is 47.4 Å². The first-order valence-electron chi connectivity index (χ1n) is 8.35. The summed E-state index contributed by atoms with van der Waals surface area (Å²) in [6.45, 7) is 8.49. The predicted molar refractivity (Wildman–Crippen MR) is 102 cm³/mol. The number of nitrogens with one attached hydrogen (secondary N) is 1. The molecule has 0 aliphatic carbocycles. The van der Waals surface area contributed by atoms with E-state index in [1.165, 1.54) is 0 Å². The molecule has 0 aliphatic heterocycles. The molecule has 0 aromatic heterocycles. The third-order valence-corrected chi connectivity index (χ3v) is 5.43. The van der Waals surface area contributed by atoms with Gasteiger partial charge in [-0.3, -0.25) is 0 Å². The molecule has 2 aromatic rings. The molecule has 5 heteroatoms. The van der Waals surface area contributed by atoms with Crippen LogP contribution in [0.5, 0.6) is 5.75 Å². The Labute approximate surface area is 150 Å². The van der Waals surface area contributed by atoms with Gasteiger partial charge in [-0.05, 0) is 29.5 Å². The van der Waals surface area contributed by atoms with Crippen molar-refractivity contribution in [3.05, 3.63) is 59.2 Å². The summed E-state index contributed by atoms with van der Waals surface area (Å²) in [5.41, 5.74) is 2.40. The zero-order valence-electron chi connectivity index (χ0n) is 15.5. The molecule has 0 saturated heterocycles. The van der Waals surface area contributed by atoms with Gasteiger partial charge in [0.25, 0.3) is 0 Å². The van der Waals surface area contributed by atoms with Gasteiger partial charge in [0.1, 0.15) is 10.6 Å². The molecule has 1 atom stereocenters. The number of aromatic hydroxyl groups is 1. The highest BCUT2D eigenvalue weighted by Gasteiger charge is 2.23. The van der Waals surface area contributed by atoms with Crippen LogP contribution in [-0.2, 0) is 21.8 Å². The van der Waals surface area contributed by atoms with Gasteiger partial charge in [0.05, 0.1) is 0 Å². The largest absolute Gasteiger partial charge is 0.506 e. The summed E-state index contributed by atoms with van der Waals surface area (Å²) in [5.74, 6) is -0.164. The van der Waals surface area contributed by atoms with Crippen LogP contribution < -0.4 is 5.32 Å². The molecular weight excluding hydrogens is 334 g/mol. The summed E-state index contributed by atoms with van der Waals surface area (Å²) >= 11 is 0. The average molecular weight is 362 g/mol. The molecular formula is C20H27NO3S. The van der Waals surface area contributed by atoms with E-state index < -0.39 is 9.84 Å². The number of hydrogen-bond acceptors (Lipinski definition) is 4. The number of benzene rings is 2.